The first-order valence-corrected chi connectivity index (χ1v) is 7.58. The summed E-state index contributed by atoms with van der Waals surface area (Å²) in [7, 11) is 0. The molecule has 1 nitrogen and oxygen atoms in total. The molecule has 100 valence electrons. The zero-order valence-electron chi connectivity index (χ0n) is 11.4. The molecule has 1 aromatic rings. The summed E-state index contributed by atoms with van der Waals surface area (Å²) in [6.45, 7) is 0. The lowest BCUT2D eigenvalue weighted by Gasteiger charge is -2.36. The zero-order valence-corrected chi connectivity index (χ0v) is 11.4. The van der Waals surface area contributed by atoms with Crippen molar-refractivity contribution in [3.63, 3.8) is 0 Å². The fourth-order valence-electron chi connectivity index (χ4n) is 3.80. The number of carbonyl (C=O) groups is 1. The third-order valence-electron chi connectivity index (χ3n) is 4.81. The van der Waals surface area contributed by atoms with Gasteiger partial charge in [-0.25, -0.2) is 0 Å². The number of carbonyl (C=O) groups excluding carboxylic acids is 1. The van der Waals surface area contributed by atoms with Crippen molar-refractivity contribution in [3.8, 4) is 0 Å². The fourth-order valence-corrected chi connectivity index (χ4v) is 3.80. The van der Waals surface area contributed by atoms with E-state index in [4.69, 9.17) is 0 Å². The summed E-state index contributed by atoms with van der Waals surface area (Å²) in [5.74, 6) is 1.07. The van der Waals surface area contributed by atoms with Crippen LogP contribution in [0.3, 0.4) is 0 Å². The summed E-state index contributed by atoms with van der Waals surface area (Å²) in [4.78, 5) is 11.6. The number of hydrogen-bond donors (Lipinski definition) is 0. The van der Waals surface area contributed by atoms with Gasteiger partial charge in [0.2, 0.25) is 0 Å². The maximum atomic E-state index is 11.6. The van der Waals surface area contributed by atoms with E-state index in [0.717, 1.165) is 6.42 Å². The van der Waals surface area contributed by atoms with Crippen LogP contribution in [-0.4, -0.2) is 6.29 Å². The molecule has 0 radical (unpaired) electrons. The highest BCUT2D eigenvalue weighted by Crippen LogP contribution is 2.43. The molecule has 2 aliphatic rings. The lowest BCUT2D eigenvalue weighted by Crippen LogP contribution is -2.28. The van der Waals surface area contributed by atoms with Crippen LogP contribution in [0.4, 0.5) is 0 Å². The van der Waals surface area contributed by atoms with Crippen LogP contribution in [-0.2, 0) is 4.79 Å². The Hall–Kier alpha value is -1.37. The Morgan fingerprint density at radius 1 is 1.05 bits per heavy atom. The molecule has 19 heavy (non-hydrogen) atoms. The second kappa shape index (κ2) is 5.73. The quantitative estimate of drug-likeness (QED) is 0.561. The molecule has 1 heteroatoms. The monoisotopic (exact) mass is 254 g/mol. The van der Waals surface area contributed by atoms with Crippen LogP contribution in [0.1, 0.15) is 50.0 Å². The molecule has 0 saturated heterocycles. The van der Waals surface area contributed by atoms with Crippen molar-refractivity contribution in [1.82, 2.24) is 0 Å². The Bertz CT molecular complexity index is 460. The van der Waals surface area contributed by atoms with Gasteiger partial charge in [-0.1, -0.05) is 54.8 Å². The van der Waals surface area contributed by atoms with E-state index in [9.17, 15) is 4.79 Å². The van der Waals surface area contributed by atoms with E-state index in [-0.39, 0.29) is 5.92 Å². The lowest BCUT2D eigenvalue weighted by molar-refractivity contribution is -0.113. The number of fused-ring (bicyclic) bond motifs is 2. The van der Waals surface area contributed by atoms with Crippen LogP contribution in [0.25, 0.3) is 0 Å². The normalized spacial score (nSPS) is 30.9. The van der Waals surface area contributed by atoms with Crippen LogP contribution >= 0.6 is 0 Å². The molecular weight excluding hydrogens is 232 g/mol. The highest BCUT2D eigenvalue weighted by molar-refractivity contribution is 5.59. The van der Waals surface area contributed by atoms with Gasteiger partial charge in [0.05, 0.1) is 0 Å². The van der Waals surface area contributed by atoms with Gasteiger partial charge in [-0.15, -0.1) is 0 Å². The highest BCUT2D eigenvalue weighted by Gasteiger charge is 2.33. The van der Waals surface area contributed by atoms with E-state index in [1.807, 2.05) is 6.07 Å². The molecular formula is C18H22O. The van der Waals surface area contributed by atoms with Crippen molar-refractivity contribution in [2.75, 3.05) is 0 Å². The first-order chi connectivity index (χ1) is 9.38. The van der Waals surface area contributed by atoms with Gasteiger partial charge >= 0.3 is 0 Å². The minimum Gasteiger partial charge on any atom is -0.303 e. The molecule has 3 rings (SSSR count). The van der Waals surface area contributed by atoms with E-state index < -0.39 is 0 Å². The van der Waals surface area contributed by atoms with Crippen molar-refractivity contribution in [3.05, 3.63) is 47.5 Å². The summed E-state index contributed by atoms with van der Waals surface area (Å²) in [6.07, 6.45) is 11.2. The van der Waals surface area contributed by atoms with Gasteiger partial charge in [-0.2, -0.15) is 0 Å². The molecule has 2 bridgehead atoms. The molecule has 0 spiro atoms. The van der Waals surface area contributed by atoms with Gasteiger partial charge in [-0.05, 0) is 37.2 Å². The topological polar surface area (TPSA) is 17.1 Å². The minimum absolute atomic E-state index is 0.184. The third-order valence-corrected chi connectivity index (χ3v) is 4.81. The molecule has 1 saturated carbocycles. The molecule has 0 unspecified atom stereocenters. The lowest BCUT2D eigenvalue weighted by atomic mass is 9.68. The van der Waals surface area contributed by atoms with E-state index >= 15 is 0 Å². The molecule has 0 aromatic heterocycles. The number of aldehydes is 1. The number of allylic oxidation sites excluding steroid dienone is 2. The minimum atomic E-state index is 0.184. The standard InChI is InChI=1S/C18H22O/c19-13-18-16-10-6-1-3-7-14(11-16)12-17(18)15-8-4-2-5-9-15/h2,4-5,8-9,12-13,16-18H,1,3,6-7,10-11H2/t16-,17+,18+/m0/s1. The SMILES string of the molecule is O=C[C@@H]1[C@H]2CCCCCC(=C[C@@H]1c1ccccc1)C2. The highest BCUT2D eigenvalue weighted by atomic mass is 16.1. The summed E-state index contributed by atoms with van der Waals surface area (Å²) in [6, 6.07) is 10.6. The average Bonchev–Trinajstić information content (AvgIpc) is 2.45. The first-order valence-electron chi connectivity index (χ1n) is 7.58. The number of benzene rings is 1. The average molecular weight is 254 g/mol. The van der Waals surface area contributed by atoms with Gasteiger partial charge < -0.3 is 4.79 Å². The maximum Gasteiger partial charge on any atom is 0.124 e. The Morgan fingerprint density at radius 3 is 2.68 bits per heavy atom. The third kappa shape index (κ3) is 2.65. The van der Waals surface area contributed by atoms with Crippen molar-refractivity contribution in [1.29, 1.82) is 0 Å². The molecule has 2 aliphatic carbocycles. The second-order valence-electron chi connectivity index (χ2n) is 6.04. The zero-order chi connectivity index (χ0) is 13.1. The first kappa shape index (κ1) is 12.7. The summed E-state index contributed by atoms with van der Waals surface area (Å²) < 4.78 is 0. The second-order valence-corrected chi connectivity index (χ2v) is 6.04. The van der Waals surface area contributed by atoms with E-state index in [1.54, 1.807) is 5.57 Å². The Labute approximate surface area is 115 Å². The molecule has 0 N–H and O–H groups in total. The molecule has 1 aromatic carbocycles. The van der Waals surface area contributed by atoms with Crippen LogP contribution in [0.2, 0.25) is 0 Å². The molecule has 3 atom stereocenters. The van der Waals surface area contributed by atoms with Gasteiger partial charge in [0.15, 0.2) is 0 Å². The van der Waals surface area contributed by atoms with Gasteiger partial charge in [-0.3, -0.25) is 0 Å². The largest absolute Gasteiger partial charge is 0.303 e. The van der Waals surface area contributed by atoms with Gasteiger partial charge in [0.25, 0.3) is 0 Å². The Balaban J connectivity index is 1.96. The van der Waals surface area contributed by atoms with Crippen LogP contribution in [0, 0.1) is 11.8 Å². The number of hydrogen-bond acceptors (Lipinski definition) is 1. The smallest absolute Gasteiger partial charge is 0.124 e. The van der Waals surface area contributed by atoms with Crippen molar-refractivity contribution >= 4 is 6.29 Å². The van der Waals surface area contributed by atoms with Crippen LogP contribution < -0.4 is 0 Å². The van der Waals surface area contributed by atoms with Crippen LogP contribution in [0.15, 0.2) is 42.0 Å². The molecule has 0 amide bonds. The van der Waals surface area contributed by atoms with E-state index in [2.05, 4.69) is 30.3 Å². The Morgan fingerprint density at radius 2 is 1.89 bits per heavy atom. The number of rotatable bonds is 2. The molecule has 1 fully saturated rings. The van der Waals surface area contributed by atoms with Crippen molar-refractivity contribution in [2.45, 2.75) is 44.4 Å². The van der Waals surface area contributed by atoms with E-state index in [1.165, 1.54) is 44.0 Å². The van der Waals surface area contributed by atoms with Gasteiger partial charge in [0, 0.05) is 11.8 Å². The predicted molar refractivity (Wildman–Crippen MR) is 78.0 cm³/mol. The van der Waals surface area contributed by atoms with Crippen molar-refractivity contribution in [2.24, 2.45) is 11.8 Å². The Kier molecular flexibility index (Phi) is 3.82. The van der Waals surface area contributed by atoms with E-state index in [0.29, 0.717) is 11.8 Å². The predicted octanol–water partition coefficient (Wildman–Crippen LogP) is 4.50. The van der Waals surface area contributed by atoms with Crippen LogP contribution in [0.5, 0.6) is 0 Å². The maximum absolute atomic E-state index is 11.6. The van der Waals surface area contributed by atoms with Crippen molar-refractivity contribution < 1.29 is 4.79 Å². The summed E-state index contributed by atoms with van der Waals surface area (Å²) in [5, 5.41) is 0. The van der Waals surface area contributed by atoms with Gasteiger partial charge in [0.1, 0.15) is 6.29 Å². The summed E-state index contributed by atoms with van der Waals surface area (Å²) in [5.41, 5.74) is 2.90. The molecule has 0 heterocycles. The summed E-state index contributed by atoms with van der Waals surface area (Å²) >= 11 is 0. The molecule has 0 aliphatic heterocycles. The fraction of sp³-hybridized carbons (Fsp3) is 0.500.